The third kappa shape index (κ3) is 3.69. The molecule has 2 aromatic heterocycles. The standard InChI is InChI=1S/C13H14ClFN4O2/c1-2-5-16-11-4-3-8(14)10(17-11)7-19-6-9(15)12(20)18-13(19)21/h3-4,6H,2,5,7H2,1H3,(H,16,17)(H,18,20,21). The Morgan fingerprint density at radius 2 is 2.19 bits per heavy atom. The maximum Gasteiger partial charge on any atom is 0.328 e. The van der Waals surface area contributed by atoms with E-state index in [1.54, 1.807) is 12.1 Å². The van der Waals surface area contributed by atoms with Crippen LogP contribution in [0.15, 0.2) is 27.9 Å². The van der Waals surface area contributed by atoms with Crippen LogP contribution in [-0.2, 0) is 6.54 Å². The Morgan fingerprint density at radius 3 is 2.90 bits per heavy atom. The van der Waals surface area contributed by atoms with Crippen LogP contribution in [0.2, 0.25) is 5.02 Å². The summed E-state index contributed by atoms with van der Waals surface area (Å²) in [5.74, 6) is -0.416. The van der Waals surface area contributed by atoms with E-state index in [-0.39, 0.29) is 6.54 Å². The first kappa shape index (κ1) is 15.2. The van der Waals surface area contributed by atoms with E-state index in [0.717, 1.165) is 23.7 Å². The summed E-state index contributed by atoms with van der Waals surface area (Å²) in [7, 11) is 0. The molecular formula is C13H14ClFN4O2. The molecule has 0 amide bonds. The van der Waals surface area contributed by atoms with Gasteiger partial charge in [-0.1, -0.05) is 18.5 Å². The van der Waals surface area contributed by atoms with Crippen molar-refractivity contribution in [1.82, 2.24) is 14.5 Å². The minimum atomic E-state index is -1.05. The first-order chi connectivity index (χ1) is 10.0. The quantitative estimate of drug-likeness (QED) is 0.878. The van der Waals surface area contributed by atoms with E-state index in [1.807, 2.05) is 11.9 Å². The molecule has 0 saturated heterocycles. The van der Waals surface area contributed by atoms with Crippen LogP contribution >= 0.6 is 11.6 Å². The van der Waals surface area contributed by atoms with Gasteiger partial charge in [0.1, 0.15) is 5.82 Å². The van der Waals surface area contributed by atoms with Crippen LogP contribution < -0.4 is 16.6 Å². The first-order valence-electron chi connectivity index (χ1n) is 6.40. The number of H-pyrrole nitrogens is 1. The lowest BCUT2D eigenvalue weighted by Gasteiger charge is -2.09. The van der Waals surface area contributed by atoms with E-state index in [2.05, 4.69) is 10.3 Å². The number of aromatic amines is 1. The van der Waals surface area contributed by atoms with Crippen molar-refractivity contribution in [2.45, 2.75) is 19.9 Å². The van der Waals surface area contributed by atoms with Crippen molar-refractivity contribution in [2.75, 3.05) is 11.9 Å². The average Bonchev–Trinajstić information content (AvgIpc) is 2.45. The molecule has 2 aromatic rings. The van der Waals surface area contributed by atoms with Crippen LogP contribution in [0.5, 0.6) is 0 Å². The third-order valence-electron chi connectivity index (χ3n) is 2.76. The highest BCUT2D eigenvalue weighted by atomic mass is 35.5. The molecule has 2 N–H and O–H groups in total. The normalized spacial score (nSPS) is 10.6. The topological polar surface area (TPSA) is 79.8 Å². The fourth-order valence-electron chi connectivity index (χ4n) is 1.71. The smallest absolute Gasteiger partial charge is 0.328 e. The summed E-state index contributed by atoms with van der Waals surface area (Å²) in [6.07, 6.45) is 1.77. The number of aromatic nitrogens is 3. The zero-order valence-electron chi connectivity index (χ0n) is 11.3. The van der Waals surface area contributed by atoms with Gasteiger partial charge in [0.25, 0.3) is 5.56 Å². The van der Waals surface area contributed by atoms with Gasteiger partial charge in [0.15, 0.2) is 0 Å². The number of nitrogens with one attached hydrogen (secondary N) is 2. The van der Waals surface area contributed by atoms with Crippen LogP contribution in [0.4, 0.5) is 10.2 Å². The SMILES string of the molecule is CCCNc1ccc(Cl)c(Cn2cc(F)c(=O)[nH]c2=O)n1. The first-order valence-corrected chi connectivity index (χ1v) is 6.77. The van der Waals surface area contributed by atoms with E-state index < -0.39 is 17.1 Å². The number of anilines is 1. The molecule has 0 spiro atoms. The van der Waals surface area contributed by atoms with Crippen molar-refractivity contribution in [3.05, 3.63) is 55.7 Å². The molecule has 0 bridgehead atoms. The van der Waals surface area contributed by atoms with Crippen LogP contribution in [0.1, 0.15) is 19.0 Å². The minimum Gasteiger partial charge on any atom is -0.370 e. The predicted molar refractivity (Wildman–Crippen MR) is 78.4 cm³/mol. The Bertz CT molecular complexity index is 757. The zero-order chi connectivity index (χ0) is 15.4. The molecule has 21 heavy (non-hydrogen) atoms. The summed E-state index contributed by atoms with van der Waals surface area (Å²) < 4.78 is 14.2. The largest absolute Gasteiger partial charge is 0.370 e. The van der Waals surface area contributed by atoms with Crippen LogP contribution in [0.25, 0.3) is 0 Å². The summed E-state index contributed by atoms with van der Waals surface area (Å²) in [5.41, 5.74) is -1.36. The molecule has 2 heterocycles. The molecule has 112 valence electrons. The summed E-state index contributed by atoms with van der Waals surface area (Å²) in [4.78, 5) is 28.8. The van der Waals surface area contributed by atoms with E-state index in [0.29, 0.717) is 16.5 Å². The van der Waals surface area contributed by atoms with E-state index >= 15 is 0 Å². The number of hydrogen-bond acceptors (Lipinski definition) is 4. The third-order valence-corrected chi connectivity index (χ3v) is 3.11. The number of hydrogen-bond donors (Lipinski definition) is 2. The highest BCUT2D eigenvalue weighted by Crippen LogP contribution is 2.17. The lowest BCUT2D eigenvalue weighted by Crippen LogP contribution is -2.31. The Hall–Kier alpha value is -2.15. The molecule has 0 atom stereocenters. The van der Waals surface area contributed by atoms with E-state index in [1.165, 1.54) is 0 Å². The molecule has 0 aliphatic heterocycles. The second kappa shape index (κ2) is 6.53. The van der Waals surface area contributed by atoms with Gasteiger partial charge in [-0.3, -0.25) is 14.3 Å². The van der Waals surface area contributed by atoms with Gasteiger partial charge in [0.05, 0.1) is 23.5 Å². The lowest BCUT2D eigenvalue weighted by molar-refractivity contribution is 0.564. The maximum atomic E-state index is 13.2. The fourth-order valence-corrected chi connectivity index (χ4v) is 1.87. The summed E-state index contributed by atoms with van der Waals surface area (Å²) in [5, 5.41) is 3.45. The van der Waals surface area contributed by atoms with Gasteiger partial charge in [0.2, 0.25) is 5.82 Å². The maximum absolute atomic E-state index is 13.2. The Morgan fingerprint density at radius 1 is 1.43 bits per heavy atom. The van der Waals surface area contributed by atoms with Gasteiger partial charge >= 0.3 is 5.69 Å². The average molecular weight is 313 g/mol. The van der Waals surface area contributed by atoms with Crippen molar-refractivity contribution in [3.8, 4) is 0 Å². The molecular weight excluding hydrogens is 299 g/mol. The molecule has 0 aliphatic carbocycles. The molecule has 6 nitrogen and oxygen atoms in total. The molecule has 0 aromatic carbocycles. The Kier molecular flexibility index (Phi) is 4.74. The van der Waals surface area contributed by atoms with Crippen LogP contribution in [-0.4, -0.2) is 21.1 Å². The van der Waals surface area contributed by atoms with E-state index in [4.69, 9.17) is 11.6 Å². The summed E-state index contributed by atoms with van der Waals surface area (Å²) >= 11 is 6.03. The molecule has 2 rings (SSSR count). The fraction of sp³-hybridized carbons (Fsp3) is 0.308. The molecule has 0 radical (unpaired) electrons. The highest BCUT2D eigenvalue weighted by molar-refractivity contribution is 6.31. The van der Waals surface area contributed by atoms with Crippen molar-refractivity contribution in [3.63, 3.8) is 0 Å². The summed E-state index contributed by atoms with van der Waals surface area (Å²) in [6.45, 7) is 2.74. The van der Waals surface area contributed by atoms with Crippen LogP contribution in [0.3, 0.4) is 0 Å². The molecule has 0 aliphatic rings. The molecule has 0 fully saturated rings. The lowest BCUT2D eigenvalue weighted by atomic mass is 10.3. The van der Waals surface area contributed by atoms with Crippen LogP contribution in [0, 0.1) is 5.82 Å². The number of pyridine rings is 1. The van der Waals surface area contributed by atoms with Gasteiger partial charge in [0, 0.05) is 6.54 Å². The zero-order valence-corrected chi connectivity index (χ0v) is 12.1. The van der Waals surface area contributed by atoms with Crippen molar-refractivity contribution in [2.24, 2.45) is 0 Å². The van der Waals surface area contributed by atoms with Gasteiger partial charge in [-0.25, -0.2) is 9.78 Å². The van der Waals surface area contributed by atoms with Crippen molar-refractivity contribution >= 4 is 17.4 Å². The summed E-state index contributed by atoms with van der Waals surface area (Å²) in [6, 6.07) is 3.37. The Balaban J connectivity index is 2.32. The van der Waals surface area contributed by atoms with Crippen molar-refractivity contribution in [1.29, 1.82) is 0 Å². The van der Waals surface area contributed by atoms with Gasteiger partial charge < -0.3 is 5.32 Å². The molecule has 0 unspecified atom stereocenters. The van der Waals surface area contributed by atoms with Crippen molar-refractivity contribution < 1.29 is 4.39 Å². The Labute approximate surface area is 124 Å². The highest BCUT2D eigenvalue weighted by Gasteiger charge is 2.09. The minimum absolute atomic E-state index is 0.0347. The van der Waals surface area contributed by atoms with E-state index in [9.17, 15) is 14.0 Å². The number of nitrogens with zero attached hydrogens (tertiary/aromatic N) is 2. The van der Waals surface area contributed by atoms with Gasteiger partial charge in [-0.05, 0) is 18.6 Å². The second-order valence-electron chi connectivity index (χ2n) is 4.42. The monoisotopic (exact) mass is 312 g/mol. The second-order valence-corrected chi connectivity index (χ2v) is 4.82. The predicted octanol–water partition coefficient (Wildman–Crippen LogP) is 1.59. The van der Waals surface area contributed by atoms with Gasteiger partial charge in [-0.15, -0.1) is 0 Å². The van der Waals surface area contributed by atoms with Gasteiger partial charge in [-0.2, -0.15) is 4.39 Å². The molecule has 8 heteroatoms. The molecule has 0 saturated carbocycles. The number of rotatable bonds is 5. The number of halogens is 2.